The highest BCUT2D eigenvalue weighted by molar-refractivity contribution is 5.46. The van der Waals surface area contributed by atoms with Gasteiger partial charge in [0.1, 0.15) is 0 Å². The van der Waals surface area contributed by atoms with Crippen molar-refractivity contribution >= 4 is 5.69 Å². The Morgan fingerprint density at radius 2 is 2.06 bits per heavy atom. The second-order valence-electron chi connectivity index (χ2n) is 4.04. The number of rotatable bonds is 3. The van der Waals surface area contributed by atoms with Gasteiger partial charge in [0.2, 0.25) is 0 Å². The topological polar surface area (TPSA) is 65.8 Å². The lowest BCUT2D eigenvalue weighted by Gasteiger charge is -2.06. The van der Waals surface area contributed by atoms with Gasteiger partial charge >= 0.3 is 0 Å². The van der Waals surface area contributed by atoms with Crippen molar-refractivity contribution in [3.8, 4) is 0 Å². The molecule has 0 amide bonds. The van der Waals surface area contributed by atoms with Crippen molar-refractivity contribution in [1.82, 2.24) is 14.3 Å². The van der Waals surface area contributed by atoms with Gasteiger partial charge in [-0.1, -0.05) is 6.07 Å². The molecular weight excluding hydrogens is 216 g/mol. The van der Waals surface area contributed by atoms with E-state index in [0.717, 1.165) is 17.1 Å². The Bertz CT molecular complexity index is 582. The van der Waals surface area contributed by atoms with Crippen LogP contribution in [0.2, 0.25) is 0 Å². The predicted molar refractivity (Wildman–Crippen MR) is 66.8 cm³/mol. The van der Waals surface area contributed by atoms with Gasteiger partial charge in [0, 0.05) is 18.8 Å². The first-order valence-corrected chi connectivity index (χ1v) is 5.54. The summed E-state index contributed by atoms with van der Waals surface area (Å²) in [6.07, 6.45) is 1.78. The summed E-state index contributed by atoms with van der Waals surface area (Å²) < 4.78 is 3.50. The predicted octanol–water partition coefficient (Wildman–Crippen LogP) is 0.944. The molecule has 0 aliphatic rings. The van der Waals surface area contributed by atoms with Crippen LogP contribution in [0.5, 0.6) is 0 Å². The Hall–Kier alpha value is -2.04. The molecule has 0 saturated carbocycles. The van der Waals surface area contributed by atoms with Crippen molar-refractivity contribution in [2.75, 3.05) is 5.73 Å². The zero-order chi connectivity index (χ0) is 12.4. The number of pyridine rings is 1. The molecule has 5 heteroatoms. The van der Waals surface area contributed by atoms with Crippen LogP contribution in [0.3, 0.4) is 0 Å². The fourth-order valence-corrected chi connectivity index (χ4v) is 1.78. The Morgan fingerprint density at radius 1 is 1.29 bits per heavy atom. The lowest BCUT2D eigenvalue weighted by atomic mass is 10.3. The average molecular weight is 232 g/mol. The molecular formula is C12H16N4O. The van der Waals surface area contributed by atoms with Crippen molar-refractivity contribution in [2.24, 2.45) is 0 Å². The minimum absolute atomic E-state index is 0.00185. The molecule has 2 aromatic rings. The Labute approximate surface area is 99.5 Å². The molecule has 2 heterocycles. The van der Waals surface area contributed by atoms with Crippen LogP contribution in [-0.4, -0.2) is 14.3 Å². The van der Waals surface area contributed by atoms with Crippen LogP contribution in [0, 0.1) is 13.8 Å². The third-order valence-electron chi connectivity index (χ3n) is 2.89. The summed E-state index contributed by atoms with van der Waals surface area (Å²) in [5, 5.41) is 4.33. The zero-order valence-corrected chi connectivity index (χ0v) is 10.1. The molecule has 0 aliphatic carbocycles. The summed E-state index contributed by atoms with van der Waals surface area (Å²) >= 11 is 0. The first kappa shape index (κ1) is 11.4. The van der Waals surface area contributed by atoms with Gasteiger partial charge in [0.15, 0.2) is 0 Å². The van der Waals surface area contributed by atoms with Crippen LogP contribution in [0.4, 0.5) is 5.69 Å². The van der Waals surface area contributed by atoms with Crippen LogP contribution >= 0.6 is 0 Å². The van der Waals surface area contributed by atoms with E-state index < -0.39 is 0 Å². The maximum Gasteiger partial charge on any atom is 0.250 e. The van der Waals surface area contributed by atoms with E-state index in [0.29, 0.717) is 13.1 Å². The summed E-state index contributed by atoms with van der Waals surface area (Å²) in [5.74, 6) is 0. The van der Waals surface area contributed by atoms with E-state index in [4.69, 9.17) is 5.73 Å². The molecule has 2 rings (SSSR count). The Kier molecular flexibility index (Phi) is 2.99. The molecule has 90 valence electrons. The summed E-state index contributed by atoms with van der Waals surface area (Å²) in [5.41, 5.74) is 8.37. The summed E-state index contributed by atoms with van der Waals surface area (Å²) in [4.78, 5) is 11.5. The van der Waals surface area contributed by atoms with Gasteiger partial charge in [-0.15, -0.1) is 0 Å². The quantitative estimate of drug-likeness (QED) is 0.856. The van der Waals surface area contributed by atoms with Crippen molar-refractivity contribution < 1.29 is 0 Å². The first-order chi connectivity index (χ1) is 8.09. The van der Waals surface area contributed by atoms with Crippen LogP contribution < -0.4 is 11.3 Å². The number of hydrogen-bond acceptors (Lipinski definition) is 3. The standard InChI is InChI=1S/C12H16N4O/c1-9-12(13)10(2)16(14-9)8-7-15-6-4-3-5-11(15)17/h3-6H,7-8,13H2,1-2H3. The SMILES string of the molecule is Cc1nn(CCn2ccccc2=O)c(C)c1N. The summed E-state index contributed by atoms with van der Waals surface area (Å²) in [6.45, 7) is 5.06. The van der Waals surface area contributed by atoms with Crippen molar-refractivity contribution in [3.63, 3.8) is 0 Å². The van der Waals surface area contributed by atoms with E-state index in [2.05, 4.69) is 5.10 Å². The molecule has 2 aromatic heterocycles. The molecule has 0 spiro atoms. The fourth-order valence-electron chi connectivity index (χ4n) is 1.78. The zero-order valence-electron chi connectivity index (χ0n) is 10.1. The van der Waals surface area contributed by atoms with Gasteiger partial charge in [-0.3, -0.25) is 9.48 Å². The van der Waals surface area contributed by atoms with Crippen LogP contribution in [0.15, 0.2) is 29.2 Å². The molecule has 0 radical (unpaired) electrons. The van der Waals surface area contributed by atoms with Gasteiger partial charge in [0.05, 0.1) is 23.6 Å². The maximum absolute atomic E-state index is 11.5. The van der Waals surface area contributed by atoms with E-state index in [1.54, 1.807) is 22.9 Å². The number of nitrogens with zero attached hydrogens (tertiary/aromatic N) is 3. The monoisotopic (exact) mass is 232 g/mol. The molecule has 0 unspecified atom stereocenters. The second kappa shape index (κ2) is 4.45. The van der Waals surface area contributed by atoms with Gasteiger partial charge in [-0.05, 0) is 19.9 Å². The highest BCUT2D eigenvalue weighted by Crippen LogP contribution is 2.14. The number of aromatic nitrogens is 3. The van der Waals surface area contributed by atoms with Crippen LogP contribution in [-0.2, 0) is 13.1 Å². The third-order valence-corrected chi connectivity index (χ3v) is 2.89. The largest absolute Gasteiger partial charge is 0.396 e. The first-order valence-electron chi connectivity index (χ1n) is 5.54. The number of nitrogens with two attached hydrogens (primary N) is 1. The highest BCUT2D eigenvalue weighted by atomic mass is 16.1. The average Bonchev–Trinajstić information content (AvgIpc) is 2.56. The minimum Gasteiger partial charge on any atom is -0.396 e. The number of aryl methyl sites for hydroxylation is 3. The number of nitrogen functional groups attached to an aromatic ring is 1. The van der Waals surface area contributed by atoms with Crippen LogP contribution in [0.25, 0.3) is 0 Å². The van der Waals surface area contributed by atoms with E-state index >= 15 is 0 Å². The van der Waals surface area contributed by atoms with Gasteiger partial charge < -0.3 is 10.3 Å². The van der Waals surface area contributed by atoms with E-state index in [-0.39, 0.29) is 5.56 Å². The van der Waals surface area contributed by atoms with Crippen molar-refractivity contribution in [3.05, 3.63) is 46.1 Å². The second-order valence-corrected chi connectivity index (χ2v) is 4.04. The number of hydrogen-bond donors (Lipinski definition) is 1. The molecule has 0 saturated heterocycles. The lowest BCUT2D eigenvalue weighted by molar-refractivity contribution is 0.512. The normalized spacial score (nSPS) is 10.7. The molecule has 0 fully saturated rings. The van der Waals surface area contributed by atoms with E-state index in [9.17, 15) is 4.79 Å². The van der Waals surface area contributed by atoms with E-state index in [1.165, 1.54) is 0 Å². The molecule has 17 heavy (non-hydrogen) atoms. The lowest BCUT2D eigenvalue weighted by Crippen LogP contribution is -2.21. The number of anilines is 1. The molecule has 2 N–H and O–H groups in total. The molecule has 0 aromatic carbocycles. The summed E-state index contributed by atoms with van der Waals surface area (Å²) in [6, 6.07) is 5.13. The fraction of sp³-hybridized carbons (Fsp3) is 0.333. The van der Waals surface area contributed by atoms with Crippen LogP contribution in [0.1, 0.15) is 11.4 Å². The van der Waals surface area contributed by atoms with Gasteiger partial charge in [-0.2, -0.15) is 5.10 Å². The minimum atomic E-state index is 0.00185. The molecule has 0 atom stereocenters. The Balaban J connectivity index is 2.16. The Morgan fingerprint density at radius 3 is 2.65 bits per heavy atom. The highest BCUT2D eigenvalue weighted by Gasteiger charge is 2.07. The third kappa shape index (κ3) is 2.22. The smallest absolute Gasteiger partial charge is 0.250 e. The van der Waals surface area contributed by atoms with E-state index in [1.807, 2.05) is 24.6 Å². The van der Waals surface area contributed by atoms with Crippen molar-refractivity contribution in [2.45, 2.75) is 26.9 Å². The summed E-state index contributed by atoms with van der Waals surface area (Å²) in [7, 11) is 0. The van der Waals surface area contributed by atoms with Gasteiger partial charge in [-0.25, -0.2) is 0 Å². The molecule has 0 bridgehead atoms. The molecule has 5 nitrogen and oxygen atoms in total. The molecule has 0 aliphatic heterocycles. The van der Waals surface area contributed by atoms with Crippen molar-refractivity contribution in [1.29, 1.82) is 0 Å². The van der Waals surface area contributed by atoms with Gasteiger partial charge in [0.25, 0.3) is 5.56 Å². The maximum atomic E-state index is 11.5.